The number of nitrogens with zero attached hydrogens (tertiary/aromatic N) is 3. The SMILES string of the molecule is Cc1ccnc2c1nc(CCl)n2CC1COCCO1. The highest BCUT2D eigenvalue weighted by atomic mass is 35.5. The fourth-order valence-electron chi connectivity index (χ4n) is 2.32. The van der Waals surface area contributed by atoms with E-state index in [0.29, 0.717) is 32.2 Å². The van der Waals surface area contributed by atoms with Crippen molar-refractivity contribution in [2.24, 2.45) is 0 Å². The van der Waals surface area contributed by atoms with Crippen molar-refractivity contribution in [3.63, 3.8) is 0 Å². The number of ether oxygens (including phenoxy) is 2. The summed E-state index contributed by atoms with van der Waals surface area (Å²) in [4.78, 5) is 8.99. The average Bonchev–Trinajstić information content (AvgIpc) is 2.80. The topological polar surface area (TPSA) is 49.2 Å². The Morgan fingerprint density at radius 3 is 3.11 bits per heavy atom. The molecule has 1 saturated heterocycles. The first kappa shape index (κ1) is 12.8. The second kappa shape index (κ2) is 5.45. The molecule has 0 spiro atoms. The molecule has 1 atom stereocenters. The van der Waals surface area contributed by atoms with E-state index < -0.39 is 0 Å². The molecule has 19 heavy (non-hydrogen) atoms. The van der Waals surface area contributed by atoms with E-state index in [-0.39, 0.29) is 6.10 Å². The Labute approximate surface area is 116 Å². The maximum atomic E-state index is 5.99. The molecule has 0 bridgehead atoms. The van der Waals surface area contributed by atoms with Gasteiger partial charge in [0.1, 0.15) is 11.3 Å². The molecule has 1 unspecified atom stereocenters. The molecule has 6 heteroatoms. The molecule has 1 aliphatic rings. The van der Waals surface area contributed by atoms with Crippen LogP contribution in [0.5, 0.6) is 0 Å². The van der Waals surface area contributed by atoms with E-state index in [0.717, 1.165) is 22.6 Å². The van der Waals surface area contributed by atoms with Gasteiger partial charge in [0.25, 0.3) is 0 Å². The van der Waals surface area contributed by atoms with Crippen LogP contribution in [0.2, 0.25) is 0 Å². The lowest BCUT2D eigenvalue weighted by atomic mass is 10.3. The molecule has 3 rings (SSSR count). The number of pyridine rings is 1. The molecule has 0 aliphatic carbocycles. The van der Waals surface area contributed by atoms with Crippen LogP contribution in [0.4, 0.5) is 0 Å². The molecule has 2 aromatic heterocycles. The molecular weight excluding hydrogens is 266 g/mol. The van der Waals surface area contributed by atoms with E-state index in [1.165, 1.54) is 0 Å². The van der Waals surface area contributed by atoms with Crippen molar-refractivity contribution < 1.29 is 9.47 Å². The highest BCUT2D eigenvalue weighted by molar-refractivity contribution is 6.16. The lowest BCUT2D eigenvalue weighted by Gasteiger charge is -2.23. The van der Waals surface area contributed by atoms with Gasteiger partial charge in [-0.3, -0.25) is 0 Å². The lowest BCUT2D eigenvalue weighted by molar-refractivity contribution is -0.0934. The molecule has 5 nitrogen and oxygen atoms in total. The fourth-order valence-corrected chi connectivity index (χ4v) is 2.53. The summed E-state index contributed by atoms with van der Waals surface area (Å²) in [5.41, 5.74) is 2.88. The smallest absolute Gasteiger partial charge is 0.160 e. The number of imidazole rings is 1. The Bertz CT molecular complexity index is 579. The van der Waals surface area contributed by atoms with Crippen molar-refractivity contribution in [1.29, 1.82) is 0 Å². The van der Waals surface area contributed by atoms with Gasteiger partial charge in [0.15, 0.2) is 5.65 Å². The van der Waals surface area contributed by atoms with Crippen molar-refractivity contribution in [3.05, 3.63) is 23.7 Å². The van der Waals surface area contributed by atoms with Crippen LogP contribution in [0, 0.1) is 6.92 Å². The molecule has 102 valence electrons. The summed E-state index contributed by atoms with van der Waals surface area (Å²) in [7, 11) is 0. The minimum absolute atomic E-state index is 0.0374. The third-order valence-electron chi connectivity index (χ3n) is 3.31. The molecule has 0 aromatic carbocycles. The molecule has 2 aromatic rings. The van der Waals surface area contributed by atoms with E-state index in [9.17, 15) is 0 Å². The zero-order valence-corrected chi connectivity index (χ0v) is 11.6. The van der Waals surface area contributed by atoms with Crippen LogP contribution in [-0.4, -0.2) is 40.5 Å². The van der Waals surface area contributed by atoms with Gasteiger partial charge in [0.05, 0.1) is 38.3 Å². The summed E-state index contributed by atoms with van der Waals surface area (Å²) in [6, 6.07) is 1.96. The third-order valence-corrected chi connectivity index (χ3v) is 3.54. The summed E-state index contributed by atoms with van der Waals surface area (Å²) in [6.07, 6.45) is 1.84. The van der Waals surface area contributed by atoms with E-state index >= 15 is 0 Å². The number of aryl methyl sites for hydroxylation is 1. The third kappa shape index (κ3) is 2.45. The van der Waals surface area contributed by atoms with Gasteiger partial charge in [-0.15, -0.1) is 11.6 Å². The Kier molecular flexibility index (Phi) is 3.68. The quantitative estimate of drug-likeness (QED) is 0.806. The Morgan fingerprint density at radius 2 is 2.37 bits per heavy atom. The number of halogens is 1. The maximum Gasteiger partial charge on any atom is 0.160 e. The first-order valence-corrected chi connectivity index (χ1v) is 6.89. The Morgan fingerprint density at radius 1 is 1.47 bits per heavy atom. The van der Waals surface area contributed by atoms with Gasteiger partial charge in [-0.1, -0.05) is 0 Å². The summed E-state index contributed by atoms with van der Waals surface area (Å²) in [6.45, 7) is 4.61. The highest BCUT2D eigenvalue weighted by Crippen LogP contribution is 2.20. The second-order valence-corrected chi connectivity index (χ2v) is 4.91. The zero-order valence-electron chi connectivity index (χ0n) is 10.8. The van der Waals surface area contributed by atoms with Crippen LogP contribution in [0.3, 0.4) is 0 Å². The monoisotopic (exact) mass is 281 g/mol. The molecule has 0 radical (unpaired) electrons. The predicted molar refractivity (Wildman–Crippen MR) is 72.4 cm³/mol. The van der Waals surface area contributed by atoms with Gasteiger partial charge < -0.3 is 14.0 Å². The highest BCUT2D eigenvalue weighted by Gasteiger charge is 2.19. The van der Waals surface area contributed by atoms with Crippen molar-refractivity contribution in [3.8, 4) is 0 Å². The number of aromatic nitrogens is 3. The zero-order chi connectivity index (χ0) is 13.2. The van der Waals surface area contributed by atoms with Gasteiger partial charge in [0.2, 0.25) is 0 Å². The fraction of sp³-hybridized carbons (Fsp3) is 0.538. The molecule has 1 fully saturated rings. The van der Waals surface area contributed by atoms with Crippen LogP contribution in [0.1, 0.15) is 11.4 Å². The molecule has 3 heterocycles. The predicted octanol–water partition coefficient (Wildman–Crippen LogP) is 1.89. The minimum Gasteiger partial charge on any atom is -0.376 e. The molecule has 0 N–H and O–H groups in total. The standard InChI is InChI=1S/C13H16ClN3O2/c1-9-2-3-15-13-12(9)16-11(6-14)17(13)7-10-8-18-4-5-19-10/h2-3,10H,4-8H2,1H3. The number of alkyl halides is 1. The Hall–Kier alpha value is -1.17. The minimum atomic E-state index is 0.0374. The van der Waals surface area contributed by atoms with Crippen molar-refractivity contribution >= 4 is 22.8 Å². The van der Waals surface area contributed by atoms with Crippen molar-refractivity contribution in [2.75, 3.05) is 19.8 Å². The number of hydrogen-bond acceptors (Lipinski definition) is 4. The maximum absolute atomic E-state index is 5.99. The van der Waals surface area contributed by atoms with Crippen LogP contribution in [-0.2, 0) is 21.9 Å². The number of rotatable bonds is 3. The molecular formula is C13H16ClN3O2. The van der Waals surface area contributed by atoms with Crippen LogP contribution >= 0.6 is 11.6 Å². The first-order chi connectivity index (χ1) is 9.29. The number of hydrogen-bond donors (Lipinski definition) is 0. The van der Waals surface area contributed by atoms with E-state index in [1.54, 1.807) is 6.20 Å². The molecule has 0 saturated carbocycles. The van der Waals surface area contributed by atoms with Crippen molar-refractivity contribution in [1.82, 2.24) is 14.5 Å². The van der Waals surface area contributed by atoms with Gasteiger partial charge in [-0.25, -0.2) is 9.97 Å². The Balaban J connectivity index is 1.98. The van der Waals surface area contributed by atoms with Crippen LogP contribution < -0.4 is 0 Å². The number of fused-ring (bicyclic) bond motifs is 1. The largest absolute Gasteiger partial charge is 0.376 e. The molecule has 0 amide bonds. The van der Waals surface area contributed by atoms with Gasteiger partial charge in [0, 0.05) is 6.20 Å². The summed E-state index contributed by atoms with van der Waals surface area (Å²) < 4.78 is 13.1. The van der Waals surface area contributed by atoms with E-state index in [1.807, 2.05) is 17.6 Å². The van der Waals surface area contributed by atoms with Gasteiger partial charge >= 0.3 is 0 Å². The summed E-state index contributed by atoms with van der Waals surface area (Å²) >= 11 is 5.99. The summed E-state index contributed by atoms with van der Waals surface area (Å²) in [5, 5.41) is 0. The average molecular weight is 282 g/mol. The summed E-state index contributed by atoms with van der Waals surface area (Å²) in [5.74, 6) is 1.19. The first-order valence-electron chi connectivity index (χ1n) is 6.35. The normalized spacial score (nSPS) is 20.0. The van der Waals surface area contributed by atoms with Gasteiger partial charge in [-0.05, 0) is 18.6 Å². The van der Waals surface area contributed by atoms with Gasteiger partial charge in [-0.2, -0.15) is 0 Å². The van der Waals surface area contributed by atoms with E-state index in [4.69, 9.17) is 21.1 Å². The van der Waals surface area contributed by atoms with Crippen LogP contribution in [0.15, 0.2) is 12.3 Å². The van der Waals surface area contributed by atoms with E-state index in [2.05, 4.69) is 9.97 Å². The lowest BCUT2D eigenvalue weighted by Crippen LogP contribution is -2.32. The molecule has 1 aliphatic heterocycles. The second-order valence-electron chi connectivity index (χ2n) is 4.64. The van der Waals surface area contributed by atoms with Crippen LogP contribution in [0.25, 0.3) is 11.2 Å². The van der Waals surface area contributed by atoms with Crippen molar-refractivity contribution in [2.45, 2.75) is 25.5 Å².